The highest BCUT2D eigenvalue weighted by Crippen LogP contribution is 2.41. The van der Waals surface area contributed by atoms with E-state index in [1.165, 1.54) is 40.0 Å². The van der Waals surface area contributed by atoms with E-state index in [1.807, 2.05) is 12.1 Å². The molecule has 0 radical (unpaired) electrons. The standard InChI is InChI=1S/C30H32F2N4O4S/c1-30(2,3)40-29(37)34-10-11-38-12-13-39-24-15-21(31)6-7-22(24)27-28-25(23(32)17-41-28)26(35-36-27)19-4-5-20-16-33-9-8-18(20)14-19/h4-7,14-15,17,33H,8-13,16H2,1-3H3,(H,34,37). The van der Waals surface area contributed by atoms with Crippen molar-refractivity contribution in [1.29, 1.82) is 0 Å². The number of benzene rings is 2. The van der Waals surface area contributed by atoms with Crippen molar-refractivity contribution in [2.75, 3.05) is 32.9 Å². The number of thiophene rings is 1. The number of carbonyl (C=O) groups is 1. The van der Waals surface area contributed by atoms with E-state index in [-0.39, 0.29) is 37.9 Å². The first-order valence-electron chi connectivity index (χ1n) is 13.4. The maximum Gasteiger partial charge on any atom is 0.407 e. The largest absolute Gasteiger partial charge is 0.490 e. The fourth-order valence-corrected chi connectivity index (χ4v) is 5.51. The summed E-state index contributed by atoms with van der Waals surface area (Å²) in [7, 11) is 0. The lowest BCUT2D eigenvalue weighted by Gasteiger charge is -2.19. The lowest BCUT2D eigenvalue weighted by atomic mass is 9.96. The summed E-state index contributed by atoms with van der Waals surface area (Å²) in [5.74, 6) is -0.611. The van der Waals surface area contributed by atoms with Gasteiger partial charge in [-0.25, -0.2) is 13.6 Å². The summed E-state index contributed by atoms with van der Waals surface area (Å²) >= 11 is 1.22. The smallest absolute Gasteiger partial charge is 0.407 e. The molecule has 0 unspecified atom stereocenters. The van der Waals surface area contributed by atoms with Gasteiger partial charge in [0.15, 0.2) is 0 Å². The molecule has 0 saturated heterocycles. The van der Waals surface area contributed by atoms with Crippen LogP contribution in [0.25, 0.3) is 32.6 Å². The van der Waals surface area contributed by atoms with Crippen molar-refractivity contribution in [3.8, 4) is 28.3 Å². The van der Waals surface area contributed by atoms with Gasteiger partial charge in [0.2, 0.25) is 0 Å². The van der Waals surface area contributed by atoms with Gasteiger partial charge < -0.3 is 24.8 Å². The molecule has 0 saturated carbocycles. The molecular weight excluding hydrogens is 550 g/mol. The lowest BCUT2D eigenvalue weighted by molar-refractivity contribution is 0.0489. The Morgan fingerprint density at radius 1 is 1.05 bits per heavy atom. The van der Waals surface area contributed by atoms with E-state index < -0.39 is 17.5 Å². The van der Waals surface area contributed by atoms with Crippen LogP contribution in [0.2, 0.25) is 0 Å². The Morgan fingerprint density at radius 3 is 2.71 bits per heavy atom. The predicted molar refractivity (Wildman–Crippen MR) is 154 cm³/mol. The number of ether oxygens (including phenoxy) is 3. The average Bonchev–Trinajstić information content (AvgIpc) is 3.33. The van der Waals surface area contributed by atoms with Gasteiger partial charge in [0, 0.05) is 35.7 Å². The van der Waals surface area contributed by atoms with Crippen molar-refractivity contribution in [3.63, 3.8) is 0 Å². The summed E-state index contributed by atoms with van der Waals surface area (Å²) in [4.78, 5) is 11.7. The molecule has 4 aromatic rings. The van der Waals surface area contributed by atoms with Gasteiger partial charge in [-0.05, 0) is 63.1 Å². The van der Waals surface area contributed by atoms with Crippen LogP contribution >= 0.6 is 11.3 Å². The molecule has 0 bridgehead atoms. The molecule has 1 amide bonds. The second-order valence-corrected chi connectivity index (χ2v) is 11.5. The molecule has 0 aliphatic carbocycles. The summed E-state index contributed by atoms with van der Waals surface area (Å²) in [6.45, 7) is 7.91. The number of rotatable bonds is 9. The number of aromatic nitrogens is 2. The number of nitrogens with one attached hydrogen (secondary N) is 2. The fraction of sp³-hybridized carbons (Fsp3) is 0.367. The van der Waals surface area contributed by atoms with Gasteiger partial charge in [-0.2, -0.15) is 0 Å². The van der Waals surface area contributed by atoms with Gasteiger partial charge in [0.25, 0.3) is 0 Å². The minimum absolute atomic E-state index is 0.125. The number of halogens is 2. The lowest BCUT2D eigenvalue weighted by Crippen LogP contribution is -2.34. The highest BCUT2D eigenvalue weighted by molar-refractivity contribution is 7.17. The molecule has 0 atom stereocenters. The van der Waals surface area contributed by atoms with E-state index in [0.29, 0.717) is 27.0 Å². The quantitative estimate of drug-likeness (QED) is 0.239. The minimum Gasteiger partial charge on any atom is -0.490 e. The van der Waals surface area contributed by atoms with E-state index in [1.54, 1.807) is 26.8 Å². The second-order valence-electron chi connectivity index (χ2n) is 10.6. The highest BCUT2D eigenvalue weighted by Gasteiger charge is 2.22. The molecule has 2 aromatic carbocycles. The number of hydrogen-bond donors (Lipinski definition) is 2. The first-order valence-corrected chi connectivity index (χ1v) is 14.3. The number of carbonyl (C=O) groups excluding carboxylic acids is 1. The molecule has 11 heteroatoms. The molecule has 2 N–H and O–H groups in total. The Balaban J connectivity index is 1.30. The molecule has 1 aliphatic heterocycles. The topological polar surface area (TPSA) is 94.6 Å². The first-order chi connectivity index (χ1) is 19.7. The van der Waals surface area contributed by atoms with Crippen molar-refractivity contribution in [1.82, 2.24) is 20.8 Å². The Kier molecular flexibility index (Phi) is 8.77. The molecule has 2 aromatic heterocycles. The maximum absolute atomic E-state index is 15.2. The van der Waals surface area contributed by atoms with E-state index in [9.17, 15) is 9.18 Å². The van der Waals surface area contributed by atoms with E-state index in [0.717, 1.165) is 25.1 Å². The zero-order valence-electron chi connectivity index (χ0n) is 23.2. The fourth-order valence-electron chi connectivity index (χ4n) is 4.59. The summed E-state index contributed by atoms with van der Waals surface area (Å²) in [5, 5.41) is 16.7. The van der Waals surface area contributed by atoms with Crippen LogP contribution in [0.1, 0.15) is 31.9 Å². The van der Waals surface area contributed by atoms with Gasteiger partial charge in [0.1, 0.15) is 41.0 Å². The van der Waals surface area contributed by atoms with Gasteiger partial charge in [-0.15, -0.1) is 21.5 Å². The van der Waals surface area contributed by atoms with E-state index >= 15 is 4.39 Å². The molecule has 41 heavy (non-hydrogen) atoms. The summed E-state index contributed by atoms with van der Waals surface area (Å²) in [6, 6.07) is 10.2. The molecule has 8 nitrogen and oxygen atoms in total. The van der Waals surface area contributed by atoms with Crippen LogP contribution in [0.4, 0.5) is 13.6 Å². The number of alkyl carbamates (subject to hydrolysis) is 1. The number of hydrogen-bond acceptors (Lipinski definition) is 8. The maximum atomic E-state index is 15.2. The van der Waals surface area contributed by atoms with Crippen molar-refractivity contribution in [2.45, 2.75) is 39.3 Å². The molecular formula is C30H32F2N4O4S. The Morgan fingerprint density at radius 2 is 1.88 bits per heavy atom. The molecule has 216 valence electrons. The minimum atomic E-state index is -0.578. The zero-order chi connectivity index (χ0) is 29.0. The normalized spacial score (nSPS) is 13.2. The second kappa shape index (κ2) is 12.5. The van der Waals surface area contributed by atoms with E-state index in [4.69, 9.17) is 14.2 Å². The highest BCUT2D eigenvalue weighted by atomic mass is 32.1. The SMILES string of the molecule is CC(C)(C)OC(=O)NCCOCCOc1cc(F)ccc1-c1nnc(-c2ccc3c(c2)CCNC3)c2c(F)csc12. The summed E-state index contributed by atoms with van der Waals surface area (Å²) in [5.41, 5.74) is 4.06. The Hall–Kier alpha value is -3.67. The Labute approximate surface area is 241 Å². The van der Waals surface area contributed by atoms with Crippen LogP contribution in [-0.2, 0) is 22.4 Å². The monoisotopic (exact) mass is 582 g/mol. The van der Waals surface area contributed by atoms with Gasteiger partial charge in [0.05, 0.1) is 23.3 Å². The molecule has 5 rings (SSSR count). The third kappa shape index (κ3) is 6.98. The zero-order valence-corrected chi connectivity index (χ0v) is 24.0. The number of nitrogens with zero attached hydrogens (tertiary/aromatic N) is 2. The van der Waals surface area contributed by atoms with Crippen molar-refractivity contribution in [3.05, 3.63) is 64.5 Å². The van der Waals surface area contributed by atoms with Crippen LogP contribution in [-0.4, -0.2) is 54.8 Å². The molecule has 3 heterocycles. The molecule has 1 aliphatic rings. The third-order valence-corrected chi connectivity index (χ3v) is 7.37. The van der Waals surface area contributed by atoms with Crippen LogP contribution in [0.15, 0.2) is 41.8 Å². The first kappa shape index (κ1) is 28.8. The van der Waals surface area contributed by atoms with Crippen LogP contribution in [0.5, 0.6) is 5.75 Å². The van der Waals surface area contributed by atoms with Gasteiger partial charge in [-0.3, -0.25) is 0 Å². The predicted octanol–water partition coefficient (Wildman–Crippen LogP) is 5.87. The Bertz CT molecular complexity index is 1550. The van der Waals surface area contributed by atoms with Gasteiger partial charge in [-0.1, -0.05) is 12.1 Å². The van der Waals surface area contributed by atoms with Gasteiger partial charge >= 0.3 is 6.09 Å². The number of fused-ring (bicyclic) bond motifs is 2. The van der Waals surface area contributed by atoms with Crippen LogP contribution < -0.4 is 15.4 Å². The van der Waals surface area contributed by atoms with Crippen molar-refractivity contribution >= 4 is 27.5 Å². The molecule has 0 spiro atoms. The van der Waals surface area contributed by atoms with E-state index in [2.05, 4.69) is 26.9 Å². The van der Waals surface area contributed by atoms with Crippen molar-refractivity contribution in [2.24, 2.45) is 0 Å². The average molecular weight is 583 g/mol. The number of amides is 1. The summed E-state index contributed by atoms with van der Waals surface area (Å²) < 4.78 is 46.5. The molecule has 0 fully saturated rings. The summed E-state index contributed by atoms with van der Waals surface area (Å²) in [6.07, 6.45) is 0.374. The van der Waals surface area contributed by atoms with Crippen LogP contribution in [0.3, 0.4) is 0 Å². The third-order valence-electron chi connectivity index (χ3n) is 6.41. The van der Waals surface area contributed by atoms with Crippen LogP contribution in [0, 0.1) is 11.6 Å². The van der Waals surface area contributed by atoms with Crippen molar-refractivity contribution < 1.29 is 27.8 Å².